The Hall–Kier alpha value is -3.13. The van der Waals surface area contributed by atoms with E-state index in [1.807, 2.05) is 6.07 Å². The van der Waals surface area contributed by atoms with Gasteiger partial charge in [0.2, 0.25) is 23.6 Å². The molecule has 3 aliphatic rings. The van der Waals surface area contributed by atoms with E-state index in [-0.39, 0.29) is 24.1 Å². The van der Waals surface area contributed by atoms with Crippen molar-refractivity contribution in [2.75, 3.05) is 10.2 Å². The van der Waals surface area contributed by atoms with Gasteiger partial charge in [-0.25, -0.2) is 4.90 Å². The number of amides is 4. The van der Waals surface area contributed by atoms with Gasteiger partial charge in [0.05, 0.1) is 28.8 Å². The Morgan fingerprint density at radius 2 is 1.60 bits per heavy atom. The molecule has 30 heavy (non-hydrogen) atoms. The molecule has 2 aromatic carbocycles. The highest BCUT2D eigenvalue weighted by Gasteiger charge is 2.77. The van der Waals surface area contributed by atoms with Crippen LogP contribution in [0.5, 0.6) is 0 Å². The van der Waals surface area contributed by atoms with Gasteiger partial charge >= 0.3 is 0 Å². The quantitative estimate of drug-likeness (QED) is 0.738. The van der Waals surface area contributed by atoms with Crippen LogP contribution in [0.2, 0.25) is 0 Å². The maximum Gasteiger partial charge on any atom is 0.241 e. The molecule has 3 aliphatic heterocycles. The molecule has 2 aromatic rings. The lowest BCUT2D eigenvalue weighted by Crippen LogP contribution is -2.57. The zero-order valence-corrected chi connectivity index (χ0v) is 16.9. The van der Waals surface area contributed by atoms with Crippen molar-refractivity contribution in [3.63, 3.8) is 0 Å². The van der Waals surface area contributed by atoms with E-state index in [4.69, 9.17) is 0 Å². The van der Waals surface area contributed by atoms with Crippen LogP contribution in [0.4, 0.5) is 11.4 Å². The number of hydrogen-bond donors (Lipinski definition) is 2. The van der Waals surface area contributed by atoms with E-state index in [1.54, 1.807) is 61.5 Å². The average molecular weight is 421 g/mol. The number of carbonyl (C=O) groups is 4. The molecule has 152 valence electrons. The average Bonchev–Trinajstić information content (AvgIpc) is 3.24. The number of nitrogens with one attached hydrogen (secondary N) is 2. The predicted molar refractivity (Wildman–Crippen MR) is 112 cm³/mol. The van der Waals surface area contributed by atoms with E-state index < -0.39 is 27.4 Å². The summed E-state index contributed by atoms with van der Waals surface area (Å²) in [5.74, 6) is -3.08. The zero-order chi connectivity index (χ0) is 21.1. The number of nitrogens with zero attached hydrogens (tertiary/aromatic N) is 1. The third-order valence-corrected chi connectivity index (χ3v) is 7.77. The summed E-state index contributed by atoms with van der Waals surface area (Å²) in [7, 11) is 0. The van der Waals surface area contributed by atoms with Gasteiger partial charge in [0.1, 0.15) is 4.75 Å². The monoisotopic (exact) mass is 421 g/mol. The number of carbonyl (C=O) groups excluding carboxylic acids is 4. The van der Waals surface area contributed by atoms with Crippen LogP contribution >= 0.6 is 11.8 Å². The molecule has 4 unspecified atom stereocenters. The molecular formula is C22H19N3O4S. The van der Waals surface area contributed by atoms with Crippen molar-refractivity contribution in [2.24, 2.45) is 11.8 Å². The van der Waals surface area contributed by atoms with E-state index in [0.29, 0.717) is 11.4 Å². The molecule has 0 aromatic heterocycles. The second-order valence-electron chi connectivity index (χ2n) is 7.95. The number of para-hydroxylation sites is 2. The maximum atomic E-state index is 13.4. The van der Waals surface area contributed by atoms with Gasteiger partial charge in [0.15, 0.2) is 0 Å². The first-order chi connectivity index (χ1) is 14.4. The number of hydrogen-bond acceptors (Lipinski definition) is 5. The number of rotatable bonds is 4. The molecule has 3 saturated heterocycles. The normalized spacial score (nSPS) is 31.6. The molecule has 4 amide bonds. The minimum atomic E-state index is -1.31. The Balaban J connectivity index is 1.50. The van der Waals surface area contributed by atoms with Gasteiger partial charge in [-0.15, -0.1) is 11.8 Å². The highest BCUT2D eigenvalue weighted by Crippen LogP contribution is 2.65. The summed E-state index contributed by atoms with van der Waals surface area (Å²) in [5, 5.41) is 5.66. The molecule has 3 fully saturated rings. The lowest BCUT2D eigenvalue weighted by molar-refractivity contribution is -0.136. The summed E-state index contributed by atoms with van der Waals surface area (Å²) in [4.78, 5) is 52.7. The fourth-order valence-corrected chi connectivity index (χ4v) is 6.82. The first-order valence-corrected chi connectivity index (χ1v) is 10.5. The topological polar surface area (TPSA) is 95.6 Å². The van der Waals surface area contributed by atoms with E-state index in [9.17, 15) is 19.2 Å². The third-order valence-electron chi connectivity index (χ3n) is 6.04. The van der Waals surface area contributed by atoms with Gasteiger partial charge in [-0.2, -0.15) is 0 Å². The number of anilines is 2. The number of benzene rings is 2. The Morgan fingerprint density at radius 3 is 2.27 bits per heavy atom. The second-order valence-corrected chi connectivity index (χ2v) is 9.73. The van der Waals surface area contributed by atoms with Crippen molar-refractivity contribution in [3.8, 4) is 0 Å². The summed E-state index contributed by atoms with van der Waals surface area (Å²) in [6, 6.07) is 17.6. The van der Waals surface area contributed by atoms with Gasteiger partial charge < -0.3 is 10.6 Å². The minimum Gasteiger partial charge on any atom is -0.340 e. The lowest BCUT2D eigenvalue weighted by Gasteiger charge is -2.32. The fourth-order valence-electron chi connectivity index (χ4n) is 4.84. The van der Waals surface area contributed by atoms with Crippen LogP contribution in [0.25, 0.3) is 0 Å². The van der Waals surface area contributed by atoms with Crippen molar-refractivity contribution in [1.82, 2.24) is 5.32 Å². The predicted octanol–water partition coefficient (Wildman–Crippen LogP) is 2.15. The molecule has 4 atom stereocenters. The van der Waals surface area contributed by atoms with Crippen molar-refractivity contribution < 1.29 is 19.2 Å². The SMILES string of the molecule is CC12NC(=O)C(CC(=O)Nc3ccccc3)(S1)C1C(=O)N(c3ccccc3)C(=O)C12. The van der Waals surface area contributed by atoms with E-state index in [2.05, 4.69) is 10.6 Å². The van der Waals surface area contributed by atoms with Crippen molar-refractivity contribution in [2.45, 2.75) is 23.0 Å². The number of piperidine rings is 1. The standard InChI is InChI=1S/C22H19N3O4S/c1-21-16-17(19(28)25(18(16)27)14-10-6-3-7-11-14)22(30-21,20(29)24-21)12-15(26)23-13-8-4-2-5-9-13/h2-11,16-17H,12H2,1H3,(H,23,26)(H,24,29). The highest BCUT2D eigenvalue weighted by atomic mass is 32.2. The zero-order valence-electron chi connectivity index (χ0n) is 16.1. The molecular weight excluding hydrogens is 402 g/mol. The Kier molecular flexibility index (Phi) is 4.05. The molecule has 0 spiro atoms. The molecule has 0 saturated carbocycles. The summed E-state index contributed by atoms with van der Waals surface area (Å²) in [5.41, 5.74) is 1.09. The highest BCUT2D eigenvalue weighted by molar-refractivity contribution is 8.03. The van der Waals surface area contributed by atoms with Crippen LogP contribution in [-0.4, -0.2) is 33.2 Å². The molecule has 3 heterocycles. The summed E-state index contributed by atoms with van der Waals surface area (Å²) in [6.45, 7) is 1.76. The molecule has 8 heteroatoms. The van der Waals surface area contributed by atoms with Crippen molar-refractivity contribution >= 4 is 46.8 Å². The van der Waals surface area contributed by atoms with Gasteiger partial charge in [0, 0.05) is 5.69 Å². The van der Waals surface area contributed by atoms with E-state index in [0.717, 1.165) is 4.90 Å². The van der Waals surface area contributed by atoms with Gasteiger partial charge in [0.25, 0.3) is 0 Å². The first kappa shape index (κ1) is 18.9. The second kappa shape index (κ2) is 6.43. The largest absolute Gasteiger partial charge is 0.340 e. The van der Waals surface area contributed by atoms with E-state index in [1.165, 1.54) is 11.8 Å². The summed E-state index contributed by atoms with van der Waals surface area (Å²) < 4.78 is -1.31. The van der Waals surface area contributed by atoms with Crippen LogP contribution in [0.3, 0.4) is 0 Å². The van der Waals surface area contributed by atoms with Gasteiger partial charge in [-0.1, -0.05) is 36.4 Å². The number of imide groups is 1. The third kappa shape index (κ3) is 2.53. The van der Waals surface area contributed by atoms with Crippen LogP contribution in [0.1, 0.15) is 13.3 Å². The fraction of sp³-hybridized carbons (Fsp3) is 0.273. The van der Waals surface area contributed by atoms with Crippen LogP contribution in [0, 0.1) is 11.8 Å². The lowest BCUT2D eigenvalue weighted by atomic mass is 9.74. The molecule has 5 rings (SSSR count). The van der Waals surface area contributed by atoms with Crippen molar-refractivity contribution in [1.29, 1.82) is 0 Å². The molecule has 0 aliphatic carbocycles. The Bertz CT molecular complexity index is 1080. The van der Waals surface area contributed by atoms with Crippen molar-refractivity contribution in [3.05, 3.63) is 60.7 Å². The Labute approximate surface area is 177 Å². The van der Waals surface area contributed by atoms with Crippen LogP contribution in [0.15, 0.2) is 60.7 Å². The molecule has 2 N–H and O–H groups in total. The number of fused-ring (bicyclic) bond motifs is 5. The molecule has 2 bridgehead atoms. The molecule has 0 radical (unpaired) electrons. The van der Waals surface area contributed by atoms with Gasteiger partial charge in [-0.3, -0.25) is 19.2 Å². The van der Waals surface area contributed by atoms with Gasteiger partial charge in [-0.05, 0) is 31.2 Å². The summed E-state index contributed by atoms with van der Waals surface area (Å²) >= 11 is 1.24. The minimum absolute atomic E-state index is 0.184. The van der Waals surface area contributed by atoms with Crippen LogP contribution in [-0.2, 0) is 19.2 Å². The van der Waals surface area contributed by atoms with E-state index >= 15 is 0 Å². The Morgan fingerprint density at radius 1 is 1.00 bits per heavy atom. The van der Waals surface area contributed by atoms with Crippen LogP contribution < -0.4 is 15.5 Å². The summed E-state index contributed by atoms with van der Waals surface area (Å²) in [6.07, 6.45) is -0.184. The first-order valence-electron chi connectivity index (χ1n) is 9.66. The number of thioether (sulfide) groups is 1. The smallest absolute Gasteiger partial charge is 0.241 e. The maximum absolute atomic E-state index is 13.4. The molecule has 7 nitrogen and oxygen atoms in total.